The Morgan fingerprint density at radius 2 is 2.09 bits per heavy atom. The molecule has 0 spiro atoms. The number of alkyl halides is 3. The van der Waals surface area contributed by atoms with Gasteiger partial charge >= 0.3 is 6.18 Å². The highest BCUT2D eigenvalue weighted by Crippen LogP contribution is 2.34. The van der Waals surface area contributed by atoms with Gasteiger partial charge in [0.05, 0.1) is 17.3 Å². The van der Waals surface area contributed by atoms with Gasteiger partial charge in [-0.3, -0.25) is 0 Å². The van der Waals surface area contributed by atoms with Crippen LogP contribution in [0.4, 0.5) is 13.2 Å². The van der Waals surface area contributed by atoms with Crippen molar-refractivity contribution >= 4 is 22.8 Å². The number of benzene rings is 1. The van der Waals surface area contributed by atoms with E-state index in [-0.39, 0.29) is 12.0 Å². The van der Waals surface area contributed by atoms with E-state index < -0.39 is 11.7 Å². The van der Waals surface area contributed by atoms with Crippen LogP contribution >= 0.6 is 11.7 Å². The van der Waals surface area contributed by atoms with Crippen molar-refractivity contribution in [2.45, 2.75) is 26.1 Å². The molecule has 0 atom stereocenters. The molecule has 2 aromatic heterocycles. The number of fused-ring (bicyclic) bond motifs is 1. The minimum atomic E-state index is -4.38. The first-order valence-corrected chi connectivity index (χ1v) is 7.75. The van der Waals surface area contributed by atoms with Crippen molar-refractivity contribution < 1.29 is 17.6 Å². The standard InChI is InChI=1S/C15H14F3N3OS/c1-9-11(12(8-22-9)15(16,17)18)5-6-19-7-10-3-2-4-13-14(10)21-23-20-13/h2-4,8,19H,5-7H2,1H3. The lowest BCUT2D eigenvalue weighted by Crippen LogP contribution is -2.18. The first-order valence-electron chi connectivity index (χ1n) is 7.02. The zero-order valence-electron chi connectivity index (χ0n) is 12.3. The largest absolute Gasteiger partial charge is 0.469 e. The number of aromatic nitrogens is 2. The Morgan fingerprint density at radius 1 is 1.26 bits per heavy atom. The SMILES string of the molecule is Cc1occ(C(F)(F)F)c1CCNCc1cccc2nsnc12. The zero-order valence-corrected chi connectivity index (χ0v) is 13.1. The molecule has 0 aliphatic rings. The van der Waals surface area contributed by atoms with Crippen LogP contribution in [0, 0.1) is 6.92 Å². The quantitative estimate of drug-likeness (QED) is 0.714. The van der Waals surface area contributed by atoms with Gasteiger partial charge in [-0.1, -0.05) is 12.1 Å². The van der Waals surface area contributed by atoms with Crippen LogP contribution in [0.2, 0.25) is 0 Å². The normalized spacial score (nSPS) is 12.2. The molecule has 0 bridgehead atoms. The molecule has 0 radical (unpaired) electrons. The van der Waals surface area contributed by atoms with Gasteiger partial charge in [-0.25, -0.2) is 0 Å². The van der Waals surface area contributed by atoms with Gasteiger partial charge in [-0.05, 0) is 31.5 Å². The van der Waals surface area contributed by atoms with Crippen molar-refractivity contribution in [2.24, 2.45) is 0 Å². The Kier molecular flexibility index (Phi) is 4.36. The minimum Gasteiger partial charge on any atom is -0.469 e. The Hall–Kier alpha value is -1.93. The summed E-state index contributed by atoms with van der Waals surface area (Å²) in [6, 6.07) is 5.70. The van der Waals surface area contributed by atoms with Gasteiger partial charge in [0.1, 0.15) is 23.1 Å². The van der Waals surface area contributed by atoms with Crippen molar-refractivity contribution in [1.82, 2.24) is 14.1 Å². The molecule has 23 heavy (non-hydrogen) atoms. The summed E-state index contributed by atoms with van der Waals surface area (Å²) < 4.78 is 52.0. The average molecular weight is 341 g/mol. The highest BCUT2D eigenvalue weighted by molar-refractivity contribution is 7.00. The second kappa shape index (κ2) is 6.29. The smallest absolute Gasteiger partial charge is 0.419 e. The lowest BCUT2D eigenvalue weighted by atomic mass is 10.1. The molecule has 2 heterocycles. The number of halogens is 3. The van der Waals surface area contributed by atoms with E-state index in [2.05, 4.69) is 14.1 Å². The third kappa shape index (κ3) is 3.37. The summed E-state index contributed by atoms with van der Waals surface area (Å²) in [5.41, 5.74) is 2.16. The summed E-state index contributed by atoms with van der Waals surface area (Å²) in [6.45, 7) is 2.49. The van der Waals surface area contributed by atoms with Gasteiger partial charge in [0.15, 0.2) is 0 Å². The first-order chi connectivity index (χ1) is 11.0. The number of nitrogens with one attached hydrogen (secondary N) is 1. The summed E-state index contributed by atoms with van der Waals surface area (Å²) in [6.07, 6.45) is -3.35. The molecule has 0 fully saturated rings. The second-order valence-corrected chi connectivity index (χ2v) is 5.69. The van der Waals surface area contributed by atoms with E-state index in [4.69, 9.17) is 4.42 Å². The number of rotatable bonds is 5. The van der Waals surface area contributed by atoms with Crippen molar-refractivity contribution in [2.75, 3.05) is 6.54 Å². The van der Waals surface area contributed by atoms with E-state index in [1.807, 2.05) is 18.2 Å². The van der Waals surface area contributed by atoms with E-state index in [9.17, 15) is 13.2 Å². The summed E-state index contributed by atoms with van der Waals surface area (Å²) in [7, 11) is 0. The predicted molar refractivity (Wildman–Crippen MR) is 81.3 cm³/mol. The molecule has 3 aromatic rings. The fourth-order valence-electron chi connectivity index (χ4n) is 2.47. The molecular weight excluding hydrogens is 327 g/mol. The molecule has 0 unspecified atom stereocenters. The van der Waals surface area contributed by atoms with Crippen LogP contribution in [-0.4, -0.2) is 15.3 Å². The summed E-state index contributed by atoms with van der Waals surface area (Å²) in [5.74, 6) is 0.310. The van der Waals surface area contributed by atoms with E-state index >= 15 is 0 Å². The van der Waals surface area contributed by atoms with E-state index in [0.717, 1.165) is 34.6 Å². The predicted octanol–water partition coefficient (Wildman–Crippen LogP) is 3.94. The van der Waals surface area contributed by atoms with Gasteiger partial charge in [0, 0.05) is 12.1 Å². The van der Waals surface area contributed by atoms with Crippen molar-refractivity contribution in [1.29, 1.82) is 0 Å². The Balaban J connectivity index is 1.63. The highest BCUT2D eigenvalue weighted by Gasteiger charge is 2.35. The van der Waals surface area contributed by atoms with Crippen LogP contribution < -0.4 is 5.32 Å². The molecule has 122 valence electrons. The zero-order chi connectivity index (χ0) is 16.4. The molecule has 0 saturated heterocycles. The molecule has 0 aliphatic carbocycles. The van der Waals surface area contributed by atoms with Crippen LogP contribution in [0.15, 0.2) is 28.9 Å². The van der Waals surface area contributed by atoms with Gasteiger partial charge in [-0.2, -0.15) is 21.9 Å². The third-order valence-electron chi connectivity index (χ3n) is 3.65. The summed E-state index contributed by atoms with van der Waals surface area (Å²) >= 11 is 1.15. The fraction of sp³-hybridized carbons (Fsp3) is 0.333. The van der Waals surface area contributed by atoms with Crippen LogP contribution in [0.3, 0.4) is 0 Å². The lowest BCUT2D eigenvalue weighted by molar-refractivity contribution is -0.138. The van der Waals surface area contributed by atoms with Gasteiger partial charge in [0.2, 0.25) is 0 Å². The Bertz CT molecular complexity index is 810. The maximum absolute atomic E-state index is 12.9. The van der Waals surface area contributed by atoms with Crippen molar-refractivity contribution in [3.63, 3.8) is 0 Å². The van der Waals surface area contributed by atoms with Crippen LogP contribution in [0.1, 0.15) is 22.5 Å². The molecule has 1 aromatic carbocycles. The van der Waals surface area contributed by atoms with Crippen LogP contribution in [-0.2, 0) is 19.1 Å². The number of hydrogen-bond acceptors (Lipinski definition) is 5. The Morgan fingerprint density at radius 3 is 2.87 bits per heavy atom. The maximum Gasteiger partial charge on any atom is 0.419 e. The molecule has 3 rings (SSSR count). The van der Waals surface area contributed by atoms with Crippen molar-refractivity contribution in [3.05, 3.63) is 46.9 Å². The average Bonchev–Trinajstić information content (AvgIpc) is 3.10. The van der Waals surface area contributed by atoms with Gasteiger partial charge < -0.3 is 9.73 Å². The number of nitrogens with zero attached hydrogens (tertiary/aromatic N) is 2. The maximum atomic E-state index is 12.9. The van der Waals surface area contributed by atoms with Crippen LogP contribution in [0.5, 0.6) is 0 Å². The monoisotopic (exact) mass is 341 g/mol. The van der Waals surface area contributed by atoms with E-state index in [1.54, 1.807) is 6.92 Å². The van der Waals surface area contributed by atoms with Gasteiger partial charge in [0.25, 0.3) is 0 Å². The molecule has 1 N–H and O–H groups in total. The highest BCUT2D eigenvalue weighted by atomic mass is 32.1. The lowest BCUT2D eigenvalue weighted by Gasteiger charge is -2.09. The van der Waals surface area contributed by atoms with E-state index in [1.165, 1.54) is 0 Å². The fourth-order valence-corrected chi connectivity index (χ4v) is 3.04. The van der Waals surface area contributed by atoms with Crippen LogP contribution in [0.25, 0.3) is 11.0 Å². The number of aryl methyl sites for hydroxylation is 1. The first kappa shape index (κ1) is 15.9. The molecule has 0 saturated carbocycles. The molecule has 0 amide bonds. The molecular formula is C15H14F3N3OS. The molecule has 4 nitrogen and oxygen atoms in total. The van der Waals surface area contributed by atoms with E-state index in [0.29, 0.717) is 18.8 Å². The number of furan rings is 1. The summed E-state index contributed by atoms with van der Waals surface area (Å²) in [4.78, 5) is 0. The van der Waals surface area contributed by atoms with Crippen molar-refractivity contribution in [3.8, 4) is 0 Å². The van der Waals surface area contributed by atoms with Gasteiger partial charge in [-0.15, -0.1) is 0 Å². The second-order valence-electron chi connectivity index (χ2n) is 5.16. The summed E-state index contributed by atoms with van der Waals surface area (Å²) in [5, 5.41) is 3.16. The molecule has 0 aliphatic heterocycles. The minimum absolute atomic E-state index is 0.207. The number of hydrogen-bond donors (Lipinski definition) is 1. The Labute approximate surface area is 134 Å². The molecule has 8 heteroatoms. The topological polar surface area (TPSA) is 51.0 Å². The third-order valence-corrected chi connectivity index (χ3v) is 4.19.